The molecule has 0 spiro atoms. The standard InChI is InChI=1S/C13H10Cl2FNO/c1-7-4-13(11(17)6-10(7)16)18-12-3-2-8(14)5-9(12)15/h2-6H,17H2,1H3. The highest BCUT2D eigenvalue weighted by Gasteiger charge is 2.09. The van der Waals surface area contributed by atoms with Crippen molar-refractivity contribution in [2.45, 2.75) is 6.92 Å². The molecular weight excluding hydrogens is 276 g/mol. The lowest BCUT2D eigenvalue weighted by Crippen LogP contribution is -1.95. The fraction of sp³-hybridized carbons (Fsp3) is 0.0769. The first-order valence-corrected chi connectivity index (χ1v) is 5.91. The monoisotopic (exact) mass is 285 g/mol. The lowest BCUT2D eigenvalue weighted by atomic mass is 10.2. The van der Waals surface area contributed by atoms with E-state index in [0.29, 0.717) is 27.1 Å². The van der Waals surface area contributed by atoms with Crippen LogP contribution in [0.15, 0.2) is 30.3 Å². The van der Waals surface area contributed by atoms with Gasteiger partial charge in [-0.2, -0.15) is 0 Å². The molecule has 0 aliphatic heterocycles. The van der Waals surface area contributed by atoms with Gasteiger partial charge >= 0.3 is 0 Å². The Morgan fingerprint density at radius 1 is 1.11 bits per heavy atom. The molecule has 0 atom stereocenters. The van der Waals surface area contributed by atoms with Crippen LogP contribution < -0.4 is 10.5 Å². The number of nitrogens with two attached hydrogens (primary N) is 1. The maximum absolute atomic E-state index is 13.3. The van der Waals surface area contributed by atoms with E-state index >= 15 is 0 Å². The number of ether oxygens (including phenoxy) is 1. The second kappa shape index (κ2) is 5.04. The number of benzene rings is 2. The highest BCUT2D eigenvalue weighted by atomic mass is 35.5. The Kier molecular flexibility index (Phi) is 3.64. The number of halogens is 3. The minimum atomic E-state index is -0.373. The van der Waals surface area contributed by atoms with Gasteiger partial charge in [-0.1, -0.05) is 23.2 Å². The van der Waals surface area contributed by atoms with E-state index in [1.54, 1.807) is 25.1 Å². The predicted molar refractivity (Wildman–Crippen MR) is 72.1 cm³/mol. The number of rotatable bonds is 2. The van der Waals surface area contributed by atoms with Crippen LogP contribution in [0.3, 0.4) is 0 Å². The van der Waals surface area contributed by atoms with Crippen molar-refractivity contribution in [3.63, 3.8) is 0 Å². The van der Waals surface area contributed by atoms with Crippen molar-refractivity contribution in [1.29, 1.82) is 0 Å². The molecule has 0 amide bonds. The topological polar surface area (TPSA) is 35.2 Å². The highest BCUT2D eigenvalue weighted by Crippen LogP contribution is 2.35. The molecule has 0 unspecified atom stereocenters. The summed E-state index contributed by atoms with van der Waals surface area (Å²) < 4.78 is 18.8. The van der Waals surface area contributed by atoms with E-state index in [1.165, 1.54) is 12.1 Å². The van der Waals surface area contributed by atoms with Gasteiger partial charge in [0.15, 0.2) is 5.75 Å². The van der Waals surface area contributed by atoms with Crippen molar-refractivity contribution in [2.24, 2.45) is 0 Å². The first-order valence-electron chi connectivity index (χ1n) is 5.16. The first kappa shape index (κ1) is 13.0. The highest BCUT2D eigenvalue weighted by molar-refractivity contribution is 6.35. The molecule has 2 nitrogen and oxygen atoms in total. The van der Waals surface area contributed by atoms with Crippen molar-refractivity contribution in [2.75, 3.05) is 5.73 Å². The van der Waals surface area contributed by atoms with Gasteiger partial charge in [0.2, 0.25) is 0 Å². The summed E-state index contributed by atoms with van der Waals surface area (Å²) in [5.74, 6) is 0.402. The molecule has 18 heavy (non-hydrogen) atoms. The van der Waals surface area contributed by atoms with Crippen LogP contribution in [-0.4, -0.2) is 0 Å². The minimum Gasteiger partial charge on any atom is -0.454 e. The maximum atomic E-state index is 13.3. The molecule has 0 saturated carbocycles. The molecule has 2 N–H and O–H groups in total. The average molecular weight is 286 g/mol. The summed E-state index contributed by atoms with van der Waals surface area (Å²) in [4.78, 5) is 0. The lowest BCUT2D eigenvalue weighted by molar-refractivity contribution is 0.482. The summed E-state index contributed by atoms with van der Waals surface area (Å²) in [6, 6.07) is 7.58. The van der Waals surface area contributed by atoms with Crippen LogP contribution in [0.4, 0.5) is 10.1 Å². The van der Waals surface area contributed by atoms with Crippen molar-refractivity contribution in [3.05, 3.63) is 51.8 Å². The van der Waals surface area contributed by atoms with Crippen LogP contribution >= 0.6 is 23.2 Å². The average Bonchev–Trinajstić information content (AvgIpc) is 2.29. The third-order valence-corrected chi connectivity index (χ3v) is 2.94. The van der Waals surface area contributed by atoms with E-state index in [0.717, 1.165) is 0 Å². The molecule has 5 heteroatoms. The lowest BCUT2D eigenvalue weighted by Gasteiger charge is -2.11. The second-order valence-electron chi connectivity index (χ2n) is 3.82. The Hall–Kier alpha value is -1.45. The molecular formula is C13H10Cl2FNO. The first-order chi connectivity index (χ1) is 8.47. The van der Waals surface area contributed by atoms with E-state index in [-0.39, 0.29) is 11.5 Å². The van der Waals surface area contributed by atoms with Crippen molar-refractivity contribution < 1.29 is 9.13 Å². The van der Waals surface area contributed by atoms with Crippen LogP contribution in [0, 0.1) is 12.7 Å². The van der Waals surface area contributed by atoms with Crippen molar-refractivity contribution >= 4 is 28.9 Å². The van der Waals surface area contributed by atoms with E-state index in [9.17, 15) is 4.39 Å². The number of hydrogen-bond donors (Lipinski definition) is 1. The third-order valence-electron chi connectivity index (χ3n) is 2.40. The van der Waals surface area contributed by atoms with Crippen LogP contribution in [-0.2, 0) is 0 Å². The zero-order valence-electron chi connectivity index (χ0n) is 9.51. The van der Waals surface area contributed by atoms with Gasteiger partial charge in [-0.15, -0.1) is 0 Å². The zero-order chi connectivity index (χ0) is 13.3. The molecule has 0 aromatic heterocycles. The molecule has 0 heterocycles. The van der Waals surface area contributed by atoms with E-state index < -0.39 is 0 Å². The molecule has 0 bridgehead atoms. The summed E-state index contributed by atoms with van der Waals surface area (Å²) in [6.07, 6.45) is 0. The van der Waals surface area contributed by atoms with Gasteiger partial charge in [0.05, 0.1) is 10.7 Å². The van der Waals surface area contributed by atoms with Crippen LogP contribution in [0.5, 0.6) is 11.5 Å². The summed E-state index contributed by atoms with van der Waals surface area (Å²) in [5.41, 5.74) is 6.34. The molecule has 0 fully saturated rings. The minimum absolute atomic E-state index is 0.212. The predicted octanol–water partition coefficient (Wildman–Crippen LogP) is 4.82. The Morgan fingerprint density at radius 2 is 1.83 bits per heavy atom. The molecule has 2 aromatic rings. The van der Waals surface area contributed by atoms with Crippen LogP contribution in [0.2, 0.25) is 10.0 Å². The smallest absolute Gasteiger partial charge is 0.150 e. The summed E-state index contributed by atoms with van der Waals surface area (Å²) in [5, 5.41) is 0.875. The largest absolute Gasteiger partial charge is 0.454 e. The van der Waals surface area contributed by atoms with Crippen molar-refractivity contribution in [1.82, 2.24) is 0 Å². The van der Waals surface area contributed by atoms with Crippen LogP contribution in [0.1, 0.15) is 5.56 Å². The van der Waals surface area contributed by atoms with Crippen LogP contribution in [0.25, 0.3) is 0 Å². The van der Waals surface area contributed by atoms with Gasteiger partial charge < -0.3 is 10.5 Å². The van der Waals surface area contributed by atoms with Gasteiger partial charge in [-0.05, 0) is 36.8 Å². The Balaban J connectivity index is 2.37. The Bertz CT molecular complexity index is 602. The summed E-state index contributed by atoms with van der Waals surface area (Å²) in [7, 11) is 0. The van der Waals surface area contributed by atoms with Gasteiger partial charge in [0.25, 0.3) is 0 Å². The van der Waals surface area contributed by atoms with Gasteiger partial charge in [-0.3, -0.25) is 0 Å². The van der Waals surface area contributed by atoms with E-state index in [1.807, 2.05) is 0 Å². The molecule has 0 aliphatic carbocycles. The Morgan fingerprint density at radius 3 is 2.50 bits per heavy atom. The fourth-order valence-electron chi connectivity index (χ4n) is 1.44. The number of aryl methyl sites for hydroxylation is 1. The third kappa shape index (κ3) is 2.68. The van der Waals surface area contributed by atoms with Gasteiger partial charge in [-0.25, -0.2) is 4.39 Å². The number of anilines is 1. The summed E-state index contributed by atoms with van der Waals surface area (Å²) >= 11 is 11.8. The van der Waals surface area contributed by atoms with Crippen molar-refractivity contribution in [3.8, 4) is 11.5 Å². The molecule has 2 rings (SSSR count). The fourth-order valence-corrected chi connectivity index (χ4v) is 1.88. The van der Waals surface area contributed by atoms with E-state index in [4.69, 9.17) is 33.7 Å². The molecule has 0 saturated heterocycles. The van der Waals surface area contributed by atoms with Gasteiger partial charge in [0.1, 0.15) is 11.6 Å². The Labute approximate surface area is 114 Å². The molecule has 0 radical (unpaired) electrons. The molecule has 0 aliphatic rings. The zero-order valence-corrected chi connectivity index (χ0v) is 11.0. The van der Waals surface area contributed by atoms with E-state index in [2.05, 4.69) is 0 Å². The quantitative estimate of drug-likeness (QED) is 0.803. The van der Waals surface area contributed by atoms with Gasteiger partial charge in [0, 0.05) is 11.1 Å². The maximum Gasteiger partial charge on any atom is 0.150 e. The molecule has 2 aromatic carbocycles. The SMILES string of the molecule is Cc1cc(Oc2ccc(Cl)cc2Cl)c(N)cc1F. The second-order valence-corrected chi connectivity index (χ2v) is 4.66. The number of nitrogen functional groups attached to an aromatic ring is 1. The summed E-state index contributed by atoms with van der Waals surface area (Å²) in [6.45, 7) is 1.63. The normalized spacial score (nSPS) is 10.4. The molecule has 94 valence electrons. The number of hydrogen-bond acceptors (Lipinski definition) is 2.